The number of nitriles is 1. The average molecular weight is 278 g/mol. The van der Waals surface area contributed by atoms with E-state index in [2.05, 4.69) is 17.6 Å². The molecule has 2 rings (SSSR count). The average Bonchev–Trinajstić information content (AvgIpc) is 2.39. The summed E-state index contributed by atoms with van der Waals surface area (Å²) in [5.41, 5.74) is 0.890. The predicted octanol–water partition coefficient (Wildman–Crippen LogP) is 2.54. The molecular formula is C14H16ClN3O. The van der Waals surface area contributed by atoms with Crippen LogP contribution in [-0.2, 0) is 4.79 Å². The summed E-state index contributed by atoms with van der Waals surface area (Å²) in [6, 6.07) is 6.69. The van der Waals surface area contributed by atoms with Crippen LogP contribution in [0.3, 0.4) is 0 Å². The molecule has 1 aromatic rings. The van der Waals surface area contributed by atoms with E-state index >= 15 is 0 Å². The minimum Gasteiger partial charge on any atom is -0.323 e. The monoisotopic (exact) mass is 277 g/mol. The van der Waals surface area contributed by atoms with Gasteiger partial charge in [0, 0.05) is 5.02 Å². The number of piperidine rings is 1. The second-order valence-electron chi connectivity index (χ2n) is 4.93. The van der Waals surface area contributed by atoms with Crippen LogP contribution < -0.4 is 10.6 Å². The molecule has 2 unspecified atom stereocenters. The molecule has 1 heterocycles. The number of amides is 1. The molecule has 4 nitrogen and oxygen atoms in total. The highest BCUT2D eigenvalue weighted by Gasteiger charge is 2.24. The normalized spacial score (nSPS) is 22.6. The van der Waals surface area contributed by atoms with E-state index in [9.17, 15) is 4.79 Å². The molecule has 0 aliphatic carbocycles. The van der Waals surface area contributed by atoms with Crippen molar-refractivity contribution in [1.82, 2.24) is 5.32 Å². The lowest BCUT2D eigenvalue weighted by molar-refractivity contribution is -0.119. The summed E-state index contributed by atoms with van der Waals surface area (Å²) in [5.74, 6) is 0.428. The molecule has 0 bridgehead atoms. The number of hydrogen-bond donors (Lipinski definition) is 2. The van der Waals surface area contributed by atoms with E-state index in [1.165, 1.54) is 0 Å². The van der Waals surface area contributed by atoms with Gasteiger partial charge in [0.1, 0.15) is 6.07 Å². The van der Waals surface area contributed by atoms with Gasteiger partial charge in [-0.3, -0.25) is 4.79 Å². The summed E-state index contributed by atoms with van der Waals surface area (Å²) in [4.78, 5) is 12.2. The maximum atomic E-state index is 12.2. The maximum absolute atomic E-state index is 12.2. The Kier molecular flexibility index (Phi) is 4.41. The summed E-state index contributed by atoms with van der Waals surface area (Å²) in [7, 11) is 0. The van der Waals surface area contributed by atoms with Crippen molar-refractivity contribution in [2.45, 2.75) is 25.8 Å². The molecule has 1 amide bonds. The van der Waals surface area contributed by atoms with Crippen LogP contribution in [-0.4, -0.2) is 18.5 Å². The number of nitrogens with one attached hydrogen (secondary N) is 2. The highest BCUT2D eigenvalue weighted by Crippen LogP contribution is 2.22. The van der Waals surface area contributed by atoms with Crippen molar-refractivity contribution in [3.05, 3.63) is 28.8 Å². The van der Waals surface area contributed by atoms with Gasteiger partial charge in [-0.15, -0.1) is 0 Å². The zero-order valence-corrected chi connectivity index (χ0v) is 11.5. The van der Waals surface area contributed by atoms with Gasteiger partial charge in [0.15, 0.2) is 0 Å². The maximum Gasteiger partial charge on any atom is 0.241 e. The highest BCUT2D eigenvalue weighted by molar-refractivity contribution is 6.31. The third-order valence-corrected chi connectivity index (χ3v) is 3.58. The molecule has 1 aliphatic rings. The van der Waals surface area contributed by atoms with E-state index in [1.54, 1.807) is 18.2 Å². The molecule has 0 aromatic heterocycles. The Hall–Kier alpha value is -1.57. The molecular weight excluding hydrogens is 262 g/mol. The van der Waals surface area contributed by atoms with Crippen LogP contribution in [0.4, 0.5) is 5.69 Å². The Morgan fingerprint density at radius 1 is 1.58 bits per heavy atom. The molecule has 100 valence electrons. The lowest BCUT2D eigenvalue weighted by Crippen LogP contribution is -2.45. The van der Waals surface area contributed by atoms with Gasteiger partial charge in [-0.25, -0.2) is 0 Å². The van der Waals surface area contributed by atoms with Crippen LogP contribution >= 0.6 is 11.6 Å². The second kappa shape index (κ2) is 6.05. The molecule has 2 N–H and O–H groups in total. The first kappa shape index (κ1) is 13.9. The van der Waals surface area contributed by atoms with Gasteiger partial charge in [0.25, 0.3) is 0 Å². The van der Waals surface area contributed by atoms with Gasteiger partial charge in [0.2, 0.25) is 5.91 Å². The topological polar surface area (TPSA) is 64.9 Å². The van der Waals surface area contributed by atoms with E-state index in [4.69, 9.17) is 16.9 Å². The second-order valence-corrected chi connectivity index (χ2v) is 5.36. The summed E-state index contributed by atoms with van der Waals surface area (Å²) in [6.45, 7) is 2.99. The van der Waals surface area contributed by atoms with E-state index in [-0.39, 0.29) is 11.9 Å². The summed E-state index contributed by atoms with van der Waals surface area (Å²) >= 11 is 5.89. The van der Waals surface area contributed by atoms with Gasteiger partial charge >= 0.3 is 0 Å². The fourth-order valence-corrected chi connectivity index (χ4v) is 2.42. The van der Waals surface area contributed by atoms with Crippen molar-refractivity contribution in [3.8, 4) is 6.07 Å². The first-order chi connectivity index (χ1) is 9.10. The smallest absolute Gasteiger partial charge is 0.241 e. The molecule has 0 saturated carbocycles. The van der Waals surface area contributed by atoms with Gasteiger partial charge in [-0.1, -0.05) is 18.5 Å². The molecule has 0 radical (unpaired) electrons. The van der Waals surface area contributed by atoms with Crippen LogP contribution in [0.15, 0.2) is 18.2 Å². The standard InChI is InChI=1S/C14H16ClN3O/c1-9-4-5-17-13(6-9)14(19)18-12-7-11(15)3-2-10(12)8-16/h2-3,7,9,13,17H,4-6H2,1H3,(H,18,19). The van der Waals surface area contributed by atoms with Crippen molar-refractivity contribution in [3.63, 3.8) is 0 Å². The Balaban J connectivity index is 2.10. The van der Waals surface area contributed by atoms with Crippen LogP contribution in [0, 0.1) is 17.2 Å². The van der Waals surface area contributed by atoms with Crippen molar-refractivity contribution in [1.29, 1.82) is 5.26 Å². The first-order valence-corrected chi connectivity index (χ1v) is 6.72. The lowest BCUT2D eigenvalue weighted by Gasteiger charge is -2.27. The molecule has 5 heteroatoms. The van der Waals surface area contributed by atoms with Crippen molar-refractivity contribution < 1.29 is 4.79 Å². The van der Waals surface area contributed by atoms with Gasteiger partial charge in [-0.2, -0.15) is 5.26 Å². The number of nitrogens with zero attached hydrogens (tertiary/aromatic N) is 1. The Labute approximate surface area is 117 Å². The minimum absolute atomic E-state index is 0.106. The lowest BCUT2D eigenvalue weighted by atomic mass is 9.94. The fourth-order valence-electron chi connectivity index (χ4n) is 2.24. The predicted molar refractivity (Wildman–Crippen MR) is 75.0 cm³/mol. The third kappa shape index (κ3) is 3.46. The Morgan fingerprint density at radius 3 is 3.05 bits per heavy atom. The van der Waals surface area contributed by atoms with Crippen LogP contribution in [0.25, 0.3) is 0 Å². The number of benzene rings is 1. The number of carbonyl (C=O) groups is 1. The molecule has 2 atom stereocenters. The Bertz CT molecular complexity index is 524. The molecule has 1 aromatic carbocycles. The number of anilines is 1. The van der Waals surface area contributed by atoms with Gasteiger partial charge in [-0.05, 0) is 43.5 Å². The van der Waals surface area contributed by atoms with Crippen molar-refractivity contribution in [2.24, 2.45) is 5.92 Å². The summed E-state index contributed by atoms with van der Waals surface area (Å²) in [6.07, 6.45) is 1.90. The summed E-state index contributed by atoms with van der Waals surface area (Å²) in [5, 5.41) is 15.5. The van der Waals surface area contributed by atoms with Crippen molar-refractivity contribution >= 4 is 23.2 Å². The number of hydrogen-bond acceptors (Lipinski definition) is 3. The quantitative estimate of drug-likeness (QED) is 0.873. The van der Waals surface area contributed by atoms with Gasteiger partial charge in [0.05, 0.1) is 17.3 Å². The third-order valence-electron chi connectivity index (χ3n) is 3.34. The van der Waals surface area contributed by atoms with Gasteiger partial charge < -0.3 is 10.6 Å². The Morgan fingerprint density at radius 2 is 2.37 bits per heavy atom. The molecule has 0 spiro atoms. The number of rotatable bonds is 2. The molecule has 1 aliphatic heterocycles. The van der Waals surface area contributed by atoms with Crippen LogP contribution in [0.1, 0.15) is 25.3 Å². The van der Waals surface area contributed by atoms with Crippen LogP contribution in [0.5, 0.6) is 0 Å². The molecule has 1 fully saturated rings. The fraction of sp³-hybridized carbons (Fsp3) is 0.429. The SMILES string of the molecule is CC1CCNC(C(=O)Nc2cc(Cl)ccc2C#N)C1. The van der Waals surface area contributed by atoms with E-state index in [0.717, 1.165) is 19.4 Å². The molecule has 1 saturated heterocycles. The zero-order chi connectivity index (χ0) is 13.8. The largest absolute Gasteiger partial charge is 0.323 e. The van der Waals surface area contributed by atoms with E-state index < -0.39 is 0 Å². The minimum atomic E-state index is -0.200. The highest BCUT2D eigenvalue weighted by atomic mass is 35.5. The van der Waals surface area contributed by atoms with E-state index in [0.29, 0.717) is 22.2 Å². The summed E-state index contributed by atoms with van der Waals surface area (Å²) < 4.78 is 0. The molecule has 19 heavy (non-hydrogen) atoms. The van der Waals surface area contributed by atoms with Crippen molar-refractivity contribution in [2.75, 3.05) is 11.9 Å². The van der Waals surface area contributed by atoms with Crippen LogP contribution in [0.2, 0.25) is 5.02 Å². The zero-order valence-electron chi connectivity index (χ0n) is 10.7. The van der Waals surface area contributed by atoms with E-state index in [1.807, 2.05) is 6.07 Å². The first-order valence-electron chi connectivity index (χ1n) is 6.34. The number of halogens is 1. The number of carbonyl (C=O) groups excluding carboxylic acids is 1.